The summed E-state index contributed by atoms with van der Waals surface area (Å²) in [5.74, 6) is 0.837. The smallest absolute Gasteiger partial charge is 0.170 e. The maximum Gasteiger partial charge on any atom is 0.170 e. The molecule has 0 atom stereocenters. The van der Waals surface area contributed by atoms with Crippen molar-refractivity contribution in [2.24, 2.45) is 0 Å². The third kappa shape index (κ3) is 6.75. The number of para-hydroxylation sites is 2. The van der Waals surface area contributed by atoms with Gasteiger partial charge in [0.15, 0.2) is 5.11 Å². The molecule has 1 aromatic rings. The first-order valence-corrected chi connectivity index (χ1v) is 9.19. The second-order valence-corrected chi connectivity index (χ2v) is 6.33. The summed E-state index contributed by atoms with van der Waals surface area (Å²) in [4.78, 5) is 2.58. The largest absolute Gasteiger partial charge is 0.492 e. The van der Waals surface area contributed by atoms with Crippen LogP contribution in [0.3, 0.4) is 0 Å². The number of likely N-dealkylation sites (tertiary alicyclic amines) is 1. The summed E-state index contributed by atoms with van der Waals surface area (Å²) in [6.45, 7) is 7.20. The lowest BCUT2D eigenvalue weighted by Gasteiger charge is -2.20. The van der Waals surface area contributed by atoms with E-state index in [1.165, 1.54) is 38.8 Å². The zero-order valence-corrected chi connectivity index (χ0v) is 15.0. The summed E-state index contributed by atoms with van der Waals surface area (Å²) >= 11 is 5.38. The van der Waals surface area contributed by atoms with Crippen molar-refractivity contribution in [1.82, 2.24) is 10.2 Å². The highest BCUT2D eigenvalue weighted by Crippen LogP contribution is 2.23. The molecule has 2 N–H and O–H groups in total. The van der Waals surface area contributed by atoms with E-state index in [4.69, 9.17) is 17.0 Å². The summed E-state index contributed by atoms with van der Waals surface area (Å²) in [6, 6.07) is 7.88. The highest BCUT2D eigenvalue weighted by Gasteiger charge is 2.08. The van der Waals surface area contributed by atoms with E-state index in [-0.39, 0.29) is 0 Å². The Hall–Kier alpha value is -1.33. The van der Waals surface area contributed by atoms with E-state index in [0.29, 0.717) is 11.7 Å². The lowest BCUT2D eigenvalue weighted by atomic mass is 10.2. The molecule has 0 aliphatic carbocycles. The number of nitrogens with zero attached hydrogens (tertiary/aromatic N) is 1. The molecule has 0 saturated carbocycles. The van der Waals surface area contributed by atoms with Crippen molar-refractivity contribution in [1.29, 1.82) is 0 Å². The molecule has 1 heterocycles. The summed E-state index contributed by atoms with van der Waals surface area (Å²) in [5, 5.41) is 7.18. The van der Waals surface area contributed by atoms with Crippen molar-refractivity contribution in [3.8, 4) is 5.75 Å². The van der Waals surface area contributed by atoms with Gasteiger partial charge in [0.05, 0.1) is 12.3 Å². The fraction of sp³-hybridized carbons (Fsp3) is 0.611. The van der Waals surface area contributed by atoms with Crippen LogP contribution in [0.2, 0.25) is 0 Å². The molecule has 2 rings (SSSR count). The van der Waals surface area contributed by atoms with Crippen LogP contribution in [0.15, 0.2) is 24.3 Å². The fourth-order valence-corrected chi connectivity index (χ4v) is 3.09. The summed E-state index contributed by atoms with van der Waals surface area (Å²) in [5.41, 5.74) is 0.916. The number of thiocarbonyl (C=S) groups is 1. The predicted octanol–water partition coefficient (Wildman–Crippen LogP) is 3.64. The molecule has 0 aromatic heterocycles. The van der Waals surface area contributed by atoms with Gasteiger partial charge in [-0.05, 0) is 70.2 Å². The third-order valence-corrected chi connectivity index (χ3v) is 4.32. The van der Waals surface area contributed by atoms with Crippen LogP contribution in [-0.2, 0) is 0 Å². The van der Waals surface area contributed by atoms with E-state index in [1.54, 1.807) is 0 Å². The van der Waals surface area contributed by atoms with Gasteiger partial charge in [-0.25, -0.2) is 0 Å². The number of anilines is 1. The first-order chi connectivity index (χ1) is 11.3. The Morgan fingerprint density at radius 2 is 1.91 bits per heavy atom. The van der Waals surface area contributed by atoms with E-state index in [9.17, 15) is 0 Å². The highest BCUT2D eigenvalue weighted by atomic mass is 32.1. The molecule has 1 saturated heterocycles. The number of rotatable bonds is 7. The Bertz CT molecular complexity index is 473. The molecule has 0 bridgehead atoms. The van der Waals surface area contributed by atoms with Gasteiger partial charge in [-0.3, -0.25) is 0 Å². The quantitative estimate of drug-likeness (QED) is 0.588. The van der Waals surface area contributed by atoms with Gasteiger partial charge < -0.3 is 20.3 Å². The molecule has 0 amide bonds. The van der Waals surface area contributed by atoms with Gasteiger partial charge in [0.2, 0.25) is 0 Å². The fourth-order valence-electron chi connectivity index (χ4n) is 2.88. The normalized spacial score (nSPS) is 15.7. The Morgan fingerprint density at radius 3 is 2.65 bits per heavy atom. The van der Waals surface area contributed by atoms with Gasteiger partial charge in [-0.15, -0.1) is 0 Å². The topological polar surface area (TPSA) is 36.5 Å². The second kappa shape index (κ2) is 10.4. The minimum atomic E-state index is 0.648. The molecular formula is C18H29N3OS. The Kier molecular flexibility index (Phi) is 8.18. The van der Waals surface area contributed by atoms with Crippen LogP contribution in [0, 0.1) is 0 Å². The van der Waals surface area contributed by atoms with E-state index in [2.05, 4.69) is 15.5 Å². The van der Waals surface area contributed by atoms with Crippen molar-refractivity contribution in [3.63, 3.8) is 0 Å². The zero-order valence-electron chi connectivity index (χ0n) is 14.1. The molecule has 1 aromatic carbocycles. The molecule has 128 valence electrons. The highest BCUT2D eigenvalue weighted by molar-refractivity contribution is 7.80. The molecule has 0 radical (unpaired) electrons. The lowest BCUT2D eigenvalue weighted by Crippen LogP contribution is -2.32. The van der Waals surface area contributed by atoms with Gasteiger partial charge in [-0.1, -0.05) is 25.0 Å². The van der Waals surface area contributed by atoms with Gasteiger partial charge in [0.25, 0.3) is 0 Å². The number of ether oxygens (including phenoxy) is 1. The zero-order chi connectivity index (χ0) is 16.3. The van der Waals surface area contributed by atoms with Crippen molar-refractivity contribution in [2.45, 2.75) is 39.0 Å². The van der Waals surface area contributed by atoms with Crippen LogP contribution >= 0.6 is 12.2 Å². The van der Waals surface area contributed by atoms with E-state index >= 15 is 0 Å². The number of hydrogen-bond donors (Lipinski definition) is 2. The van der Waals surface area contributed by atoms with Crippen LogP contribution in [-0.4, -0.2) is 42.8 Å². The van der Waals surface area contributed by atoms with Crippen molar-refractivity contribution >= 4 is 23.0 Å². The van der Waals surface area contributed by atoms with Gasteiger partial charge in [0, 0.05) is 6.54 Å². The van der Waals surface area contributed by atoms with Crippen LogP contribution in [0.1, 0.15) is 39.0 Å². The van der Waals surface area contributed by atoms with Crippen LogP contribution in [0.5, 0.6) is 5.75 Å². The SMILES string of the molecule is CCOc1ccccc1NC(=S)NCCCN1CCCCCC1. The third-order valence-electron chi connectivity index (χ3n) is 4.07. The van der Waals surface area contributed by atoms with Crippen molar-refractivity contribution < 1.29 is 4.74 Å². The van der Waals surface area contributed by atoms with Gasteiger partial charge >= 0.3 is 0 Å². The number of hydrogen-bond acceptors (Lipinski definition) is 3. The molecule has 1 aliphatic heterocycles. The van der Waals surface area contributed by atoms with E-state index in [1.807, 2.05) is 31.2 Å². The molecular weight excluding hydrogens is 306 g/mol. The summed E-state index contributed by atoms with van der Waals surface area (Å²) in [7, 11) is 0. The summed E-state index contributed by atoms with van der Waals surface area (Å²) < 4.78 is 5.60. The Balaban J connectivity index is 1.67. The van der Waals surface area contributed by atoms with Crippen LogP contribution < -0.4 is 15.4 Å². The maximum atomic E-state index is 5.60. The number of benzene rings is 1. The monoisotopic (exact) mass is 335 g/mol. The average Bonchev–Trinajstić information content (AvgIpc) is 2.82. The summed E-state index contributed by atoms with van der Waals surface area (Å²) in [6.07, 6.45) is 6.60. The average molecular weight is 336 g/mol. The van der Waals surface area contributed by atoms with Crippen molar-refractivity contribution in [2.75, 3.05) is 38.1 Å². The van der Waals surface area contributed by atoms with E-state index in [0.717, 1.165) is 30.9 Å². The molecule has 23 heavy (non-hydrogen) atoms. The lowest BCUT2D eigenvalue weighted by molar-refractivity contribution is 0.282. The molecule has 5 heteroatoms. The van der Waals surface area contributed by atoms with Gasteiger partial charge in [0.1, 0.15) is 5.75 Å². The molecule has 1 aliphatic rings. The molecule has 1 fully saturated rings. The van der Waals surface area contributed by atoms with E-state index < -0.39 is 0 Å². The minimum absolute atomic E-state index is 0.648. The van der Waals surface area contributed by atoms with Crippen LogP contribution in [0.25, 0.3) is 0 Å². The predicted molar refractivity (Wildman–Crippen MR) is 101 cm³/mol. The molecule has 0 unspecified atom stereocenters. The second-order valence-electron chi connectivity index (χ2n) is 5.92. The Morgan fingerprint density at radius 1 is 1.17 bits per heavy atom. The molecule has 4 nitrogen and oxygen atoms in total. The minimum Gasteiger partial charge on any atom is -0.492 e. The first-order valence-electron chi connectivity index (χ1n) is 8.78. The van der Waals surface area contributed by atoms with Crippen LogP contribution in [0.4, 0.5) is 5.69 Å². The first kappa shape index (κ1) is 18.0. The van der Waals surface area contributed by atoms with Gasteiger partial charge in [-0.2, -0.15) is 0 Å². The standard InChI is InChI=1S/C18H29N3OS/c1-2-22-17-11-6-5-10-16(17)20-18(23)19-12-9-15-21-13-7-3-4-8-14-21/h5-6,10-11H,2-4,7-9,12-15H2,1H3,(H2,19,20,23). The Labute approximate surface area is 145 Å². The maximum absolute atomic E-state index is 5.60. The van der Waals surface area contributed by atoms with Crippen molar-refractivity contribution in [3.05, 3.63) is 24.3 Å². The number of nitrogens with one attached hydrogen (secondary N) is 2. The molecule has 0 spiro atoms.